The van der Waals surface area contributed by atoms with Gasteiger partial charge in [0, 0.05) is 10.1 Å². The summed E-state index contributed by atoms with van der Waals surface area (Å²) in [5, 5.41) is 18.6. The minimum absolute atomic E-state index is 0.0424. The highest BCUT2D eigenvalue weighted by Crippen LogP contribution is 2.29. The Morgan fingerprint density at radius 3 is 2.36 bits per heavy atom. The number of phenolic OH excluding ortho intramolecular Hbond substituents is 2. The molecule has 2 N–H and O–H groups in total. The molecule has 1 rings (SSSR count). The van der Waals surface area contributed by atoms with Crippen LogP contribution in [0.5, 0.6) is 11.5 Å². The molecule has 0 unspecified atom stereocenters. The number of rotatable bonds is 3. The van der Waals surface area contributed by atoms with Crippen molar-refractivity contribution in [1.29, 1.82) is 0 Å². The zero-order valence-electron chi connectivity index (χ0n) is 8.29. The number of halogens is 1. The lowest BCUT2D eigenvalue weighted by Gasteiger charge is -2.11. The van der Waals surface area contributed by atoms with Crippen LogP contribution in [0.4, 0.5) is 0 Å². The van der Waals surface area contributed by atoms with Gasteiger partial charge in [0.05, 0.1) is 0 Å². The Kier molecular flexibility index (Phi) is 4.00. The minimum Gasteiger partial charge on any atom is -0.504 e. The van der Waals surface area contributed by atoms with Crippen molar-refractivity contribution < 1.29 is 10.2 Å². The molecule has 0 radical (unpaired) electrons. The second-order valence-electron chi connectivity index (χ2n) is 3.49. The van der Waals surface area contributed by atoms with Crippen LogP contribution in [-0.2, 0) is 6.42 Å². The Bertz CT molecular complexity index is 326. The average Bonchev–Trinajstić information content (AvgIpc) is 2.09. The van der Waals surface area contributed by atoms with E-state index in [2.05, 4.69) is 27.5 Å². The summed E-state index contributed by atoms with van der Waals surface area (Å²) in [7, 11) is 4.01. The minimum atomic E-state index is -0.0528. The first-order valence-corrected chi connectivity index (χ1v) is 5.43. The maximum Gasteiger partial charge on any atom is 0.158 e. The van der Waals surface area contributed by atoms with Gasteiger partial charge < -0.3 is 15.1 Å². The van der Waals surface area contributed by atoms with Gasteiger partial charge in [-0.05, 0) is 60.8 Å². The van der Waals surface area contributed by atoms with Gasteiger partial charge in [0.15, 0.2) is 11.5 Å². The van der Waals surface area contributed by atoms with Gasteiger partial charge in [0.2, 0.25) is 0 Å². The molecule has 0 fully saturated rings. The van der Waals surface area contributed by atoms with Gasteiger partial charge in [0.1, 0.15) is 0 Å². The summed E-state index contributed by atoms with van der Waals surface area (Å²) in [4.78, 5) is 2.08. The monoisotopic (exact) mass is 307 g/mol. The van der Waals surface area contributed by atoms with Crippen molar-refractivity contribution in [2.75, 3.05) is 20.6 Å². The van der Waals surface area contributed by atoms with Crippen molar-refractivity contribution in [1.82, 2.24) is 4.90 Å². The number of phenols is 2. The molecular formula is C10H14INO2. The first-order valence-electron chi connectivity index (χ1n) is 4.36. The molecule has 0 aliphatic heterocycles. The fourth-order valence-corrected chi connectivity index (χ4v) is 1.85. The maximum atomic E-state index is 9.32. The summed E-state index contributed by atoms with van der Waals surface area (Å²) in [6.07, 6.45) is 0.874. The second kappa shape index (κ2) is 4.84. The summed E-state index contributed by atoms with van der Waals surface area (Å²) in [5.74, 6) is -0.0952. The van der Waals surface area contributed by atoms with E-state index in [0.717, 1.165) is 22.1 Å². The molecule has 0 heterocycles. The van der Waals surface area contributed by atoms with Crippen molar-refractivity contribution >= 4 is 22.6 Å². The number of hydrogen-bond acceptors (Lipinski definition) is 3. The third kappa shape index (κ3) is 3.02. The van der Waals surface area contributed by atoms with Crippen molar-refractivity contribution in [3.8, 4) is 11.5 Å². The predicted molar refractivity (Wildman–Crippen MR) is 64.7 cm³/mol. The van der Waals surface area contributed by atoms with Crippen LogP contribution < -0.4 is 0 Å². The van der Waals surface area contributed by atoms with E-state index in [0.29, 0.717) is 0 Å². The second-order valence-corrected chi connectivity index (χ2v) is 4.65. The highest BCUT2D eigenvalue weighted by molar-refractivity contribution is 14.1. The van der Waals surface area contributed by atoms with E-state index in [1.807, 2.05) is 14.1 Å². The van der Waals surface area contributed by atoms with Crippen LogP contribution in [0.3, 0.4) is 0 Å². The largest absolute Gasteiger partial charge is 0.504 e. The van der Waals surface area contributed by atoms with Crippen LogP contribution in [0.25, 0.3) is 0 Å². The Morgan fingerprint density at radius 1 is 1.21 bits per heavy atom. The molecule has 0 spiro atoms. The molecule has 78 valence electrons. The van der Waals surface area contributed by atoms with Gasteiger partial charge in [-0.1, -0.05) is 0 Å². The lowest BCUT2D eigenvalue weighted by Crippen LogP contribution is -2.15. The molecule has 14 heavy (non-hydrogen) atoms. The third-order valence-corrected chi connectivity index (χ3v) is 2.98. The number of likely N-dealkylation sites (N-methyl/N-ethyl adjacent to an activating group) is 1. The van der Waals surface area contributed by atoms with Crippen molar-refractivity contribution in [3.63, 3.8) is 0 Å². The SMILES string of the molecule is CN(C)CCc1cc(O)c(O)cc1I. The highest BCUT2D eigenvalue weighted by Gasteiger charge is 2.06. The fourth-order valence-electron chi connectivity index (χ4n) is 1.13. The standard InChI is InChI=1S/C10H14INO2/c1-12(2)4-3-7-5-9(13)10(14)6-8(7)11/h5-6,13-14H,3-4H2,1-2H3. The Labute approximate surface area is 97.5 Å². The summed E-state index contributed by atoms with van der Waals surface area (Å²) in [6, 6.07) is 3.21. The van der Waals surface area contributed by atoms with Crippen molar-refractivity contribution in [3.05, 3.63) is 21.3 Å². The number of nitrogens with zero attached hydrogens (tertiary/aromatic N) is 1. The summed E-state index contributed by atoms with van der Waals surface area (Å²) in [6.45, 7) is 0.931. The molecule has 4 heteroatoms. The summed E-state index contributed by atoms with van der Waals surface area (Å²) in [5.41, 5.74) is 1.06. The molecule has 1 aromatic rings. The zero-order chi connectivity index (χ0) is 10.7. The Morgan fingerprint density at radius 2 is 1.79 bits per heavy atom. The van der Waals surface area contributed by atoms with Crippen LogP contribution in [0, 0.1) is 3.57 Å². The molecular weight excluding hydrogens is 293 g/mol. The Balaban J connectivity index is 2.82. The average molecular weight is 307 g/mol. The molecule has 0 aliphatic carbocycles. The van der Waals surface area contributed by atoms with Crippen LogP contribution in [0.2, 0.25) is 0 Å². The lowest BCUT2D eigenvalue weighted by atomic mass is 10.1. The van der Waals surface area contributed by atoms with E-state index in [9.17, 15) is 10.2 Å². The van der Waals surface area contributed by atoms with Gasteiger partial charge in [-0.25, -0.2) is 0 Å². The van der Waals surface area contributed by atoms with E-state index >= 15 is 0 Å². The van der Waals surface area contributed by atoms with Gasteiger partial charge in [-0.2, -0.15) is 0 Å². The number of aromatic hydroxyl groups is 2. The van der Waals surface area contributed by atoms with E-state index in [4.69, 9.17) is 0 Å². The maximum absolute atomic E-state index is 9.32. The van der Waals surface area contributed by atoms with Crippen molar-refractivity contribution in [2.45, 2.75) is 6.42 Å². The lowest BCUT2D eigenvalue weighted by molar-refractivity contribution is 0.399. The van der Waals surface area contributed by atoms with Crippen LogP contribution in [0.15, 0.2) is 12.1 Å². The van der Waals surface area contributed by atoms with Crippen LogP contribution in [-0.4, -0.2) is 35.8 Å². The fraction of sp³-hybridized carbons (Fsp3) is 0.400. The molecule has 0 aliphatic rings. The highest BCUT2D eigenvalue weighted by atomic mass is 127. The normalized spacial score (nSPS) is 10.9. The topological polar surface area (TPSA) is 43.7 Å². The van der Waals surface area contributed by atoms with Gasteiger partial charge in [-0.15, -0.1) is 0 Å². The Hall–Kier alpha value is -0.490. The van der Waals surface area contributed by atoms with Gasteiger partial charge >= 0.3 is 0 Å². The summed E-state index contributed by atoms with van der Waals surface area (Å²) < 4.78 is 0.986. The molecule has 0 bridgehead atoms. The zero-order valence-corrected chi connectivity index (χ0v) is 10.4. The first kappa shape index (κ1) is 11.6. The van der Waals surface area contributed by atoms with Crippen LogP contribution in [0.1, 0.15) is 5.56 Å². The molecule has 0 amide bonds. The smallest absolute Gasteiger partial charge is 0.158 e. The van der Waals surface area contributed by atoms with Gasteiger partial charge in [-0.3, -0.25) is 0 Å². The first-order chi connectivity index (χ1) is 6.50. The van der Waals surface area contributed by atoms with E-state index in [1.54, 1.807) is 12.1 Å². The quantitative estimate of drug-likeness (QED) is 0.661. The molecule has 1 aromatic carbocycles. The third-order valence-electron chi connectivity index (χ3n) is 1.97. The van der Waals surface area contributed by atoms with Crippen molar-refractivity contribution in [2.24, 2.45) is 0 Å². The molecule has 0 atom stereocenters. The van der Waals surface area contributed by atoms with Gasteiger partial charge in [0.25, 0.3) is 0 Å². The molecule has 0 saturated heterocycles. The summed E-state index contributed by atoms with van der Waals surface area (Å²) >= 11 is 2.16. The number of benzene rings is 1. The van der Waals surface area contributed by atoms with E-state index < -0.39 is 0 Å². The van der Waals surface area contributed by atoms with E-state index in [-0.39, 0.29) is 11.5 Å². The molecule has 3 nitrogen and oxygen atoms in total. The van der Waals surface area contributed by atoms with E-state index in [1.165, 1.54) is 0 Å². The molecule has 0 aromatic heterocycles. The van der Waals surface area contributed by atoms with Crippen LogP contribution >= 0.6 is 22.6 Å². The predicted octanol–water partition coefficient (Wildman–Crippen LogP) is 1.81. The molecule has 0 saturated carbocycles. The number of hydrogen-bond donors (Lipinski definition) is 2.